The lowest BCUT2D eigenvalue weighted by molar-refractivity contribution is 0.0121. The third-order valence-corrected chi connectivity index (χ3v) is 6.09. The van der Waals surface area contributed by atoms with Gasteiger partial charge in [0.25, 0.3) is 5.91 Å². The van der Waals surface area contributed by atoms with Crippen molar-refractivity contribution in [3.8, 4) is 0 Å². The van der Waals surface area contributed by atoms with Gasteiger partial charge in [0, 0.05) is 37.3 Å². The number of aliphatic hydroxyl groups is 1. The summed E-state index contributed by atoms with van der Waals surface area (Å²) >= 11 is 1.52. The molecule has 146 valence electrons. The first kappa shape index (κ1) is 19.8. The number of fused-ring (bicyclic) bond motifs is 1. The van der Waals surface area contributed by atoms with Crippen molar-refractivity contribution in [2.45, 2.75) is 50.8 Å². The molecule has 0 unspecified atom stereocenters. The molecule has 2 aromatic heterocycles. The number of carbonyl (C=O) groups is 1. The standard InChI is InChI=1S/C20H28N4O2S/c1-4-8-20(26,9-5-2)15(3)21-14-16-17(18(25)23-10-6-7-11-23)22-19-24(16)12-13-27-19/h4-5,12-13,15,21,26H,1-2,6-11,14H2,3H3/t15-/m0/s1. The van der Waals surface area contributed by atoms with Gasteiger partial charge < -0.3 is 15.3 Å². The molecule has 1 atom stereocenters. The highest BCUT2D eigenvalue weighted by atomic mass is 32.1. The Bertz CT molecular complexity index is 809. The Morgan fingerprint density at radius 2 is 2.07 bits per heavy atom. The number of nitrogens with one attached hydrogen (secondary N) is 1. The highest BCUT2D eigenvalue weighted by molar-refractivity contribution is 7.15. The maximum Gasteiger partial charge on any atom is 0.274 e. The van der Waals surface area contributed by atoms with Crippen molar-refractivity contribution < 1.29 is 9.90 Å². The van der Waals surface area contributed by atoms with Gasteiger partial charge in [0.15, 0.2) is 10.7 Å². The molecule has 0 aliphatic carbocycles. The lowest BCUT2D eigenvalue weighted by atomic mass is 9.88. The SMILES string of the molecule is C=CCC(O)(CC=C)[C@H](C)NCc1c(C(=O)N2CCCC2)nc2sccn12. The Morgan fingerprint density at radius 3 is 2.70 bits per heavy atom. The molecule has 1 fully saturated rings. The van der Waals surface area contributed by atoms with Gasteiger partial charge in [0.05, 0.1) is 11.3 Å². The van der Waals surface area contributed by atoms with Crippen LogP contribution in [-0.4, -0.2) is 50.0 Å². The molecule has 6 nitrogen and oxygen atoms in total. The van der Waals surface area contributed by atoms with Gasteiger partial charge >= 0.3 is 0 Å². The van der Waals surface area contributed by atoms with E-state index in [0.717, 1.165) is 36.6 Å². The summed E-state index contributed by atoms with van der Waals surface area (Å²) in [5, 5.41) is 16.3. The molecule has 2 N–H and O–H groups in total. The van der Waals surface area contributed by atoms with Crippen LogP contribution < -0.4 is 5.32 Å². The van der Waals surface area contributed by atoms with Crippen molar-refractivity contribution in [1.29, 1.82) is 0 Å². The molecule has 0 saturated carbocycles. The molecular weight excluding hydrogens is 360 g/mol. The van der Waals surface area contributed by atoms with E-state index in [2.05, 4.69) is 23.5 Å². The summed E-state index contributed by atoms with van der Waals surface area (Å²) in [5.41, 5.74) is 0.398. The minimum atomic E-state index is -0.957. The van der Waals surface area contributed by atoms with Crippen LogP contribution in [0.1, 0.15) is 48.8 Å². The molecule has 1 amide bonds. The van der Waals surface area contributed by atoms with Gasteiger partial charge in [0.1, 0.15) is 0 Å². The molecule has 1 aliphatic heterocycles. The number of hydrogen-bond acceptors (Lipinski definition) is 5. The zero-order chi connectivity index (χ0) is 19.4. The monoisotopic (exact) mass is 388 g/mol. The van der Waals surface area contributed by atoms with E-state index in [1.54, 1.807) is 12.2 Å². The summed E-state index contributed by atoms with van der Waals surface area (Å²) in [4.78, 5) is 20.2. The van der Waals surface area contributed by atoms with Crippen LogP contribution in [0.3, 0.4) is 0 Å². The Hall–Kier alpha value is -1.96. The highest BCUT2D eigenvalue weighted by Crippen LogP contribution is 2.24. The molecule has 1 saturated heterocycles. The predicted molar refractivity (Wildman–Crippen MR) is 109 cm³/mol. The Kier molecular flexibility index (Phi) is 6.14. The number of carbonyl (C=O) groups excluding carboxylic acids is 1. The molecule has 3 rings (SSSR count). The number of nitrogens with zero attached hydrogens (tertiary/aromatic N) is 3. The first-order valence-electron chi connectivity index (χ1n) is 9.41. The lowest BCUT2D eigenvalue weighted by Crippen LogP contribution is -2.48. The van der Waals surface area contributed by atoms with Crippen LogP contribution >= 0.6 is 11.3 Å². The van der Waals surface area contributed by atoms with Crippen molar-refractivity contribution >= 4 is 22.2 Å². The fourth-order valence-electron chi connectivity index (χ4n) is 3.62. The van der Waals surface area contributed by atoms with Gasteiger partial charge in [-0.3, -0.25) is 9.20 Å². The van der Waals surface area contributed by atoms with E-state index < -0.39 is 5.60 Å². The van der Waals surface area contributed by atoms with Crippen LogP contribution in [0.5, 0.6) is 0 Å². The average molecular weight is 389 g/mol. The Morgan fingerprint density at radius 1 is 1.41 bits per heavy atom. The van der Waals surface area contributed by atoms with Crippen LogP contribution in [0.25, 0.3) is 4.96 Å². The third-order valence-electron chi connectivity index (χ3n) is 5.33. The van der Waals surface area contributed by atoms with Crippen LogP contribution in [0, 0.1) is 0 Å². The molecule has 3 heterocycles. The number of imidazole rings is 1. The van der Waals surface area contributed by atoms with Gasteiger partial charge in [-0.25, -0.2) is 4.98 Å². The molecule has 1 aliphatic rings. The van der Waals surface area contributed by atoms with Crippen LogP contribution in [0.4, 0.5) is 0 Å². The Labute approximate surface area is 164 Å². The van der Waals surface area contributed by atoms with Crippen molar-refractivity contribution in [2.24, 2.45) is 0 Å². The summed E-state index contributed by atoms with van der Waals surface area (Å²) in [6, 6.07) is -0.201. The molecule has 7 heteroatoms. The normalized spacial score (nSPS) is 16.0. The summed E-state index contributed by atoms with van der Waals surface area (Å²) in [5.74, 6) is 0.000276. The van der Waals surface area contributed by atoms with Gasteiger partial charge in [0.2, 0.25) is 0 Å². The fourth-order valence-corrected chi connectivity index (χ4v) is 4.35. The van der Waals surface area contributed by atoms with E-state index in [9.17, 15) is 9.90 Å². The van der Waals surface area contributed by atoms with E-state index in [-0.39, 0.29) is 11.9 Å². The van der Waals surface area contributed by atoms with Gasteiger partial charge in [-0.15, -0.1) is 24.5 Å². The van der Waals surface area contributed by atoms with Crippen molar-refractivity contribution in [2.75, 3.05) is 13.1 Å². The number of rotatable bonds is 9. The minimum Gasteiger partial charge on any atom is -0.388 e. The molecule has 0 aromatic carbocycles. The minimum absolute atomic E-state index is 0.000276. The predicted octanol–water partition coefficient (Wildman–Crippen LogP) is 2.99. The van der Waals surface area contributed by atoms with Gasteiger partial charge in [-0.2, -0.15) is 0 Å². The van der Waals surface area contributed by atoms with E-state index in [4.69, 9.17) is 0 Å². The quantitative estimate of drug-likeness (QED) is 0.648. The Balaban J connectivity index is 1.82. The van der Waals surface area contributed by atoms with Crippen molar-refractivity contribution in [3.63, 3.8) is 0 Å². The van der Waals surface area contributed by atoms with Crippen LogP contribution in [0.15, 0.2) is 36.9 Å². The van der Waals surface area contributed by atoms with Crippen LogP contribution in [-0.2, 0) is 6.54 Å². The molecule has 2 aromatic rings. The summed E-state index contributed by atoms with van der Waals surface area (Å²) in [6.45, 7) is 11.5. The smallest absolute Gasteiger partial charge is 0.274 e. The van der Waals surface area contributed by atoms with Gasteiger partial charge in [-0.05, 0) is 32.6 Å². The molecule has 0 radical (unpaired) electrons. The molecular formula is C20H28N4O2S. The van der Waals surface area contributed by atoms with E-state index in [1.165, 1.54) is 11.3 Å². The maximum atomic E-state index is 12.9. The summed E-state index contributed by atoms with van der Waals surface area (Å²) in [7, 11) is 0. The van der Waals surface area contributed by atoms with Crippen molar-refractivity contribution in [3.05, 3.63) is 48.3 Å². The number of aromatic nitrogens is 2. The fraction of sp³-hybridized carbons (Fsp3) is 0.500. The van der Waals surface area contributed by atoms with E-state index >= 15 is 0 Å². The number of hydrogen-bond donors (Lipinski definition) is 2. The zero-order valence-corrected chi connectivity index (χ0v) is 16.7. The molecule has 0 bridgehead atoms. The third kappa shape index (κ3) is 4.00. The summed E-state index contributed by atoms with van der Waals surface area (Å²) in [6.07, 6.45) is 8.42. The van der Waals surface area contributed by atoms with Crippen molar-refractivity contribution in [1.82, 2.24) is 19.6 Å². The van der Waals surface area contributed by atoms with E-state index in [0.29, 0.717) is 25.1 Å². The molecule has 0 spiro atoms. The second-order valence-electron chi connectivity index (χ2n) is 7.15. The highest BCUT2D eigenvalue weighted by Gasteiger charge is 2.32. The second kappa shape index (κ2) is 8.37. The number of amides is 1. The summed E-state index contributed by atoms with van der Waals surface area (Å²) < 4.78 is 1.97. The lowest BCUT2D eigenvalue weighted by Gasteiger charge is -2.33. The largest absolute Gasteiger partial charge is 0.388 e. The van der Waals surface area contributed by atoms with Gasteiger partial charge in [-0.1, -0.05) is 12.2 Å². The zero-order valence-electron chi connectivity index (χ0n) is 15.9. The van der Waals surface area contributed by atoms with Crippen LogP contribution in [0.2, 0.25) is 0 Å². The second-order valence-corrected chi connectivity index (χ2v) is 8.03. The number of thiazole rings is 1. The average Bonchev–Trinajstić information content (AvgIpc) is 3.37. The molecule has 27 heavy (non-hydrogen) atoms. The first-order valence-corrected chi connectivity index (χ1v) is 10.3. The van der Waals surface area contributed by atoms with E-state index in [1.807, 2.05) is 27.8 Å². The first-order chi connectivity index (χ1) is 13.0. The number of likely N-dealkylation sites (tertiary alicyclic amines) is 1. The topological polar surface area (TPSA) is 69.9 Å². The maximum absolute atomic E-state index is 12.9.